The van der Waals surface area contributed by atoms with E-state index < -0.39 is 0 Å². The van der Waals surface area contributed by atoms with E-state index in [1.807, 2.05) is 29.8 Å². The summed E-state index contributed by atoms with van der Waals surface area (Å²) in [4.78, 5) is 17.8. The van der Waals surface area contributed by atoms with Gasteiger partial charge in [-0.05, 0) is 30.5 Å². The Morgan fingerprint density at radius 1 is 1.30 bits per heavy atom. The van der Waals surface area contributed by atoms with Gasteiger partial charge >= 0.3 is 0 Å². The number of carbonyl (C=O) groups excluding carboxylic acids is 1. The maximum absolute atomic E-state index is 12.0. The Hall–Kier alpha value is -1.96. The van der Waals surface area contributed by atoms with Gasteiger partial charge in [-0.25, -0.2) is 4.98 Å². The Labute approximate surface area is 142 Å². The SMILES string of the molecule is CC(NCc1csc(-c2cccs2)n1)C(=O)NCc1ccco1. The summed E-state index contributed by atoms with van der Waals surface area (Å²) in [6, 6.07) is 7.42. The lowest BCUT2D eigenvalue weighted by Gasteiger charge is -2.12. The first-order valence-electron chi connectivity index (χ1n) is 7.24. The van der Waals surface area contributed by atoms with Crippen LogP contribution in [-0.4, -0.2) is 16.9 Å². The van der Waals surface area contributed by atoms with E-state index in [0.29, 0.717) is 13.1 Å². The molecule has 3 aromatic heterocycles. The molecule has 120 valence electrons. The normalized spacial score (nSPS) is 12.2. The molecule has 1 atom stereocenters. The fraction of sp³-hybridized carbons (Fsp3) is 0.250. The van der Waals surface area contributed by atoms with E-state index in [9.17, 15) is 4.79 Å². The summed E-state index contributed by atoms with van der Waals surface area (Å²) < 4.78 is 5.19. The molecule has 0 radical (unpaired) electrons. The molecule has 0 saturated carbocycles. The summed E-state index contributed by atoms with van der Waals surface area (Å²) in [5.74, 6) is 0.681. The number of carbonyl (C=O) groups is 1. The van der Waals surface area contributed by atoms with Crippen molar-refractivity contribution in [1.82, 2.24) is 15.6 Å². The predicted octanol–water partition coefficient (Wildman–Crippen LogP) is 3.26. The van der Waals surface area contributed by atoms with Crippen molar-refractivity contribution in [2.24, 2.45) is 0 Å². The molecule has 7 heteroatoms. The molecule has 0 aliphatic rings. The highest BCUT2D eigenvalue weighted by molar-refractivity contribution is 7.20. The number of furan rings is 1. The summed E-state index contributed by atoms with van der Waals surface area (Å²) in [6.45, 7) is 2.80. The Bertz CT molecular complexity index is 735. The standard InChI is InChI=1S/C16H17N3O2S2/c1-11(15(20)18-9-13-4-2-6-21-13)17-8-12-10-23-16(19-12)14-5-3-7-22-14/h2-7,10-11,17H,8-9H2,1H3,(H,18,20). The zero-order valence-corrected chi connectivity index (χ0v) is 14.2. The van der Waals surface area contributed by atoms with Crippen molar-refractivity contribution >= 4 is 28.6 Å². The number of aromatic nitrogens is 1. The predicted molar refractivity (Wildman–Crippen MR) is 92.3 cm³/mol. The highest BCUT2D eigenvalue weighted by Gasteiger charge is 2.13. The molecule has 2 N–H and O–H groups in total. The van der Waals surface area contributed by atoms with Gasteiger partial charge in [0, 0.05) is 11.9 Å². The van der Waals surface area contributed by atoms with Crippen molar-refractivity contribution in [1.29, 1.82) is 0 Å². The summed E-state index contributed by atoms with van der Waals surface area (Å²) in [6.07, 6.45) is 1.59. The van der Waals surface area contributed by atoms with E-state index in [1.54, 1.807) is 35.0 Å². The van der Waals surface area contributed by atoms with Crippen LogP contribution in [0.3, 0.4) is 0 Å². The van der Waals surface area contributed by atoms with E-state index in [0.717, 1.165) is 16.5 Å². The quantitative estimate of drug-likeness (QED) is 0.688. The van der Waals surface area contributed by atoms with Crippen LogP contribution in [0, 0.1) is 0 Å². The van der Waals surface area contributed by atoms with Gasteiger partial charge in [0.05, 0.1) is 29.4 Å². The fourth-order valence-corrected chi connectivity index (χ4v) is 3.63. The third-order valence-corrected chi connectivity index (χ3v) is 5.21. The van der Waals surface area contributed by atoms with E-state index in [-0.39, 0.29) is 11.9 Å². The van der Waals surface area contributed by atoms with Gasteiger partial charge in [0.25, 0.3) is 0 Å². The second-order valence-electron chi connectivity index (χ2n) is 5.02. The zero-order valence-electron chi connectivity index (χ0n) is 12.6. The lowest BCUT2D eigenvalue weighted by atomic mass is 10.3. The molecule has 0 aliphatic carbocycles. The van der Waals surface area contributed by atoms with Gasteiger partial charge in [-0.3, -0.25) is 4.79 Å². The van der Waals surface area contributed by atoms with E-state index in [2.05, 4.69) is 21.7 Å². The fourth-order valence-electron chi connectivity index (χ4n) is 1.99. The molecular weight excluding hydrogens is 330 g/mol. The maximum atomic E-state index is 12.0. The van der Waals surface area contributed by atoms with Crippen molar-refractivity contribution in [3.63, 3.8) is 0 Å². The van der Waals surface area contributed by atoms with Crippen molar-refractivity contribution in [3.8, 4) is 9.88 Å². The van der Waals surface area contributed by atoms with Crippen LogP contribution in [0.4, 0.5) is 0 Å². The lowest BCUT2D eigenvalue weighted by molar-refractivity contribution is -0.123. The maximum Gasteiger partial charge on any atom is 0.237 e. The molecule has 0 spiro atoms. The molecule has 0 saturated heterocycles. The van der Waals surface area contributed by atoms with Crippen LogP contribution in [0.15, 0.2) is 45.7 Å². The number of hydrogen-bond donors (Lipinski definition) is 2. The van der Waals surface area contributed by atoms with Crippen LogP contribution < -0.4 is 10.6 Å². The molecular formula is C16H17N3O2S2. The van der Waals surface area contributed by atoms with Crippen LogP contribution in [0.5, 0.6) is 0 Å². The molecule has 5 nitrogen and oxygen atoms in total. The third-order valence-electron chi connectivity index (χ3n) is 3.28. The van der Waals surface area contributed by atoms with Gasteiger partial charge in [-0.2, -0.15) is 0 Å². The summed E-state index contributed by atoms with van der Waals surface area (Å²) in [5, 5.41) is 11.1. The summed E-state index contributed by atoms with van der Waals surface area (Å²) in [5.41, 5.74) is 0.948. The molecule has 0 bridgehead atoms. The van der Waals surface area contributed by atoms with Crippen LogP contribution in [0.2, 0.25) is 0 Å². The molecule has 3 rings (SSSR count). The Morgan fingerprint density at radius 3 is 2.96 bits per heavy atom. The molecule has 0 fully saturated rings. The van der Waals surface area contributed by atoms with E-state index in [4.69, 9.17) is 4.42 Å². The van der Waals surface area contributed by atoms with Crippen molar-refractivity contribution in [2.45, 2.75) is 26.1 Å². The van der Waals surface area contributed by atoms with Crippen LogP contribution in [0.25, 0.3) is 9.88 Å². The van der Waals surface area contributed by atoms with Gasteiger partial charge in [0.15, 0.2) is 0 Å². The molecule has 23 heavy (non-hydrogen) atoms. The average Bonchev–Trinajstić information content (AvgIpc) is 3.32. The van der Waals surface area contributed by atoms with Crippen LogP contribution >= 0.6 is 22.7 Å². The van der Waals surface area contributed by atoms with Crippen molar-refractivity contribution in [3.05, 3.63) is 52.7 Å². The Balaban J connectivity index is 1.46. The number of thiophene rings is 1. The number of hydrogen-bond acceptors (Lipinski definition) is 6. The lowest BCUT2D eigenvalue weighted by Crippen LogP contribution is -2.41. The van der Waals surface area contributed by atoms with Crippen LogP contribution in [-0.2, 0) is 17.9 Å². The number of nitrogens with one attached hydrogen (secondary N) is 2. The first kappa shape index (κ1) is 15.9. The molecule has 0 aromatic carbocycles. The molecule has 0 aliphatic heterocycles. The largest absolute Gasteiger partial charge is 0.467 e. The minimum atomic E-state index is -0.295. The highest BCUT2D eigenvalue weighted by Crippen LogP contribution is 2.27. The second-order valence-corrected chi connectivity index (χ2v) is 6.83. The minimum Gasteiger partial charge on any atom is -0.467 e. The molecule has 3 aromatic rings. The van der Waals surface area contributed by atoms with E-state index in [1.165, 1.54) is 4.88 Å². The molecule has 3 heterocycles. The first-order valence-corrected chi connectivity index (χ1v) is 9.00. The number of nitrogens with zero attached hydrogens (tertiary/aromatic N) is 1. The smallest absolute Gasteiger partial charge is 0.237 e. The van der Waals surface area contributed by atoms with E-state index >= 15 is 0 Å². The number of thiazole rings is 1. The summed E-state index contributed by atoms with van der Waals surface area (Å²) >= 11 is 3.30. The van der Waals surface area contributed by atoms with Gasteiger partial charge in [-0.15, -0.1) is 22.7 Å². The average molecular weight is 347 g/mol. The Morgan fingerprint density at radius 2 is 2.22 bits per heavy atom. The van der Waals surface area contributed by atoms with Crippen LogP contribution in [0.1, 0.15) is 18.4 Å². The number of rotatable bonds is 7. The first-order chi connectivity index (χ1) is 11.2. The van der Waals surface area contributed by atoms with Gasteiger partial charge in [0.2, 0.25) is 5.91 Å². The molecule has 1 unspecified atom stereocenters. The highest BCUT2D eigenvalue weighted by atomic mass is 32.1. The zero-order chi connectivity index (χ0) is 16.1. The van der Waals surface area contributed by atoms with Gasteiger partial charge < -0.3 is 15.1 Å². The molecule has 1 amide bonds. The second kappa shape index (κ2) is 7.54. The minimum absolute atomic E-state index is 0.0601. The summed E-state index contributed by atoms with van der Waals surface area (Å²) in [7, 11) is 0. The third kappa shape index (κ3) is 4.28. The topological polar surface area (TPSA) is 67.2 Å². The van der Waals surface area contributed by atoms with Gasteiger partial charge in [0.1, 0.15) is 10.8 Å². The van der Waals surface area contributed by atoms with Gasteiger partial charge in [-0.1, -0.05) is 6.07 Å². The van der Waals surface area contributed by atoms with Crippen molar-refractivity contribution < 1.29 is 9.21 Å². The number of amides is 1. The monoisotopic (exact) mass is 347 g/mol. The van der Waals surface area contributed by atoms with Crippen molar-refractivity contribution in [2.75, 3.05) is 0 Å². The Kier molecular flexibility index (Phi) is 5.22.